The molecule has 114 valence electrons. The first-order valence-corrected chi connectivity index (χ1v) is 8.45. The predicted octanol–water partition coefficient (Wildman–Crippen LogP) is 6.45. The summed E-state index contributed by atoms with van der Waals surface area (Å²) in [5, 5.41) is 11.2. The maximum atomic E-state index is 11.2. The smallest absolute Gasteiger partial charge is 0.258 e. The van der Waals surface area contributed by atoms with Crippen molar-refractivity contribution in [2.75, 3.05) is 0 Å². The predicted molar refractivity (Wildman–Crippen MR) is 99.4 cm³/mol. The first-order chi connectivity index (χ1) is 11.1. The molecule has 0 fully saturated rings. The van der Waals surface area contributed by atoms with Crippen molar-refractivity contribution in [2.24, 2.45) is 0 Å². The molecule has 0 N–H and O–H groups in total. The summed E-state index contributed by atoms with van der Waals surface area (Å²) >= 11 is 7.14. The molecule has 0 saturated heterocycles. The largest absolute Gasteiger partial charge is 0.277 e. The van der Waals surface area contributed by atoms with Gasteiger partial charge in [-0.3, -0.25) is 10.1 Å². The second kappa shape index (κ2) is 6.64. The van der Waals surface area contributed by atoms with Crippen molar-refractivity contribution < 1.29 is 4.92 Å². The Bertz CT molecular complexity index is 894. The summed E-state index contributed by atoms with van der Waals surface area (Å²) in [6, 6.07) is 20.5. The van der Waals surface area contributed by atoms with E-state index in [0.717, 1.165) is 25.6 Å². The van der Waals surface area contributed by atoms with Gasteiger partial charge in [-0.05, 0) is 34.9 Å². The van der Waals surface area contributed by atoms with Crippen LogP contribution in [0.3, 0.4) is 0 Å². The molecule has 0 aliphatic heterocycles. The van der Waals surface area contributed by atoms with Gasteiger partial charge < -0.3 is 0 Å². The van der Waals surface area contributed by atoms with Crippen molar-refractivity contribution >= 4 is 37.5 Å². The van der Waals surface area contributed by atoms with E-state index in [1.54, 1.807) is 18.2 Å². The molecule has 0 radical (unpaired) electrons. The van der Waals surface area contributed by atoms with Crippen LogP contribution in [0.25, 0.3) is 22.3 Å². The van der Waals surface area contributed by atoms with E-state index in [-0.39, 0.29) is 10.6 Å². The van der Waals surface area contributed by atoms with Crippen LogP contribution in [0.4, 0.5) is 5.69 Å². The Hall–Kier alpha value is -1.98. The van der Waals surface area contributed by atoms with Crippen LogP contribution >= 0.6 is 31.9 Å². The number of halogens is 2. The molecule has 0 aliphatic rings. The number of rotatable bonds is 3. The van der Waals surface area contributed by atoms with Crippen LogP contribution in [-0.4, -0.2) is 4.92 Å². The number of nitrogens with zero attached hydrogens (tertiary/aromatic N) is 1. The summed E-state index contributed by atoms with van der Waals surface area (Å²) in [6.45, 7) is 0. The van der Waals surface area contributed by atoms with Crippen molar-refractivity contribution in [3.05, 3.63) is 85.8 Å². The minimum atomic E-state index is -0.356. The van der Waals surface area contributed by atoms with E-state index >= 15 is 0 Å². The van der Waals surface area contributed by atoms with Gasteiger partial charge in [0.1, 0.15) is 0 Å². The zero-order valence-electron chi connectivity index (χ0n) is 11.9. The van der Waals surface area contributed by atoms with E-state index in [0.29, 0.717) is 5.56 Å². The zero-order chi connectivity index (χ0) is 16.4. The molecule has 0 heterocycles. The topological polar surface area (TPSA) is 43.1 Å². The molecule has 23 heavy (non-hydrogen) atoms. The molecule has 0 atom stereocenters. The molecule has 0 amide bonds. The van der Waals surface area contributed by atoms with Gasteiger partial charge in [0.25, 0.3) is 5.69 Å². The minimum Gasteiger partial charge on any atom is -0.258 e. The third-order valence-electron chi connectivity index (χ3n) is 3.54. The fourth-order valence-corrected chi connectivity index (χ4v) is 3.55. The average Bonchev–Trinajstić information content (AvgIpc) is 2.55. The summed E-state index contributed by atoms with van der Waals surface area (Å²) in [4.78, 5) is 10.8. The molecule has 0 aromatic heterocycles. The number of hydrogen-bond donors (Lipinski definition) is 0. The lowest BCUT2D eigenvalue weighted by Gasteiger charge is -2.10. The van der Waals surface area contributed by atoms with E-state index < -0.39 is 0 Å². The second-order valence-corrected chi connectivity index (χ2v) is 6.66. The van der Waals surface area contributed by atoms with Crippen LogP contribution in [0.5, 0.6) is 0 Å². The molecule has 3 aromatic rings. The molecule has 0 spiro atoms. The van der Waals surface area contributed by atoms with Crippen LogP contribution in [0, 0.1) is 10.1 Å². The lowest BCUT2D eigenvalue weighted by atomic mass is 9.99. The first kappa shape index (κ1) is 15.9. The lowest BCUT2D eigenvalue weighted by Crippen LogP contribution is -1.92. The molecular formula is C18H11Br2NO2. The van der Waals surface area contributed by atoms with E-state index in [1.807, 2.05) is 42.5 Å². The fraction of sp³-hybridized carbons (Fsp3) is 0. The molecule has 0 bridgehead atoms. The summed E-state index contributed by atoms with van der Waals surface area (Å²) in [5.74, 6) is 0. The van der Waals surface area contributed by atoms with Crippen molar-refractivity contribution in [2.45, 2.75) is 0 Å². The van der Waals surface area contributed by atoms with E-state index in [2.05, 4.69) is 31.9 Å². The highest BCUT2D eigenvalue weighted by atomic mass is 79.9. The highest BCUT2D eigenvalue weighted by molar-refractivity contribution is 9.11. The SMILES string of the molecule is O=[N+]([O-])c1ccccc1-c1ccc(-c2ccccc2Br)c(Br)c1. The van der Waals surface area contributed by atoms with Crippen molar-refractivity contribution in [3.63, 3.8) is 0 Å². The maximum Gasteiger partial charge on any atom is 0.277 e. The van der Waals surface area contributed by atoms with E-state index in [1.165, 1.54) is 6.07 Å². The van der Waals surface area contributed by atoms with Crippen LogP contribution in [-0.2, 0) is 0 Å². The minimum absolute atomic E-state index is 0.105. The monoisotopic (exact) mass is 431 g/mol. The molecule has 0 aliphatic carbocycles. The van der Waals surface area contributed by atoms with Crippen LogP contribution in [0.2, 0.25) is 0 Å². The summed E-state index contributed by atoms with van der Waals surface area (Å²) in [7, 11) is 0. The Morgan fingerprint density at radius 1 is 0.739 bits per heavy atom. The Morgan fingerprint density at radius 2 is 1.35 bits per heavy atom. The zero-order valence-corrected chi connectivity index (χ0v) is 15.0. The van der Waals surface area contributed by atoms with Crippen LogP contribution in [0.15, 0.2) is 75.7 Å². The first-order valence-electron chi connectivity index (χ1n) is 6.86. The van der Waals surface area contributed by atoms with Gasteiger partial charge >= 0.3 is 0 Å². The van der Waals surface area contributed by atoms with Crippen LogP contribution < -0.4 is 0 Å². The average molecular weight is 433 g/mol. The van der Waals surface area contributed by atoms with Gasteiger partial charge in [-0.2, -0.15) is 0 Å². The van der Waals surface area contributed by atoms with Gasteiger partial charge in [0.2, 0.25) is 0 Å². The van der Waals surface area contributed by atoms with E-state index in [4.69, 9.17) is 0 Å². The Labute approximate surface area is 150 Å². The summed E-state index contributed by atoms with van der Waals surface area (Å²) in [5.41, 5.74) is 3.61. The molecule has 3 aromatic carbocycles. The van der Waals surface area contributed by atoms with Crippen molar-refractivity contribution in [3.8, 4) is 22.3 Å². The Morgan fingerprint density at radius 3 is 2.00 bits per heavy atom. The Kier molecular flexibility index (Phi) is 4.59. The standard InChI is InChI=1S/C18H11Br2NO2/c19-16-7-3-1-6-14(16)15-10-9-12(11-17(15)20)13-5-2-4-8-18(13)21(22)23/h1-11H. The maximum absolute atomic E-state index is 11.2. The Balaban J connectivity index is 2.11. The van der Waals surface area contributed by atoms with Gasteiger partial charge in [0.15, 0.2) is 0 Å². The van der Waals surface area contributed by atoms with Gasteiger partial charge in [0, 0.05) is 15.0 Å². The molecule has 3 rings (SSSR count). The van der Waals surface area contributed by atoms with Crippen molar-refractivity contribution in [1.29, 1.82) is 0 Å². The number of hydrogen-bond acceptors (Lipinski definition) is 2. The van der Waals surface area contributed by atoms with Gasteiger partial charge in [-0.1, -0.05) is 74.3 Å². The quantitative estimate of drug-likeness (QED) is 0.352. The third kappa shape index (κ3) is 3.21. The number of nitro groups is 1. The molecule has 0 unspecified atom stereocenters. The highest BCUT2D eigenvalue weighted by Gasteiger charge is 2.15. The molecular weight excluding hydrogens is 422 g/mol. The fourth-order valence-electron chi connectivity index (χ4n) is 2.46. The molecule has 3 nitrogen and oxygen atoms in total. The third-order valence-corrected chi connectivity index (χ3v) is 4.89. The highest BCUT2D eigenvalue weighted by Crippen LogP contribution is 2.37. The normalized spacial score (nSPS) is 10.5. The van der Waals surface area contributed by atoms with Gasteiger partial charge in [0.05, 0.1) is 10.5 Å². The molecule has 5 heteroatoms. The molecule has 0 saturated carbocycles. The van der Waals surface area contributed by atoms with E-state index in [9.17, 15) is 10.1 Å². The number of benzene rings is 3. The summed E-state index contributed by atoms with van der Waals surface area (Å²) in [6.07, 6.45) is 0. The lowest BCUT2D eigenvalue weighted by molar-refractivity contribution is -0.384. The van der Waals surface area contributed by atoms with Gasteiger partial charge in [-0.25, -0.2) is 0 Å². The number of nitro benzene ring substituents is 1. The van der Waals surface area contributed by atoms with Crippen LogP contribution in [0.1, 0.15) is 0 Å². The second-order valence-electron chi connectivity index (χ2n) is 4.95. The number of para-hydroxylation sites is 1. The van der Waals surface area contributed by atoms with Gasteiger partial charge in [-0.15, -0.1) is 0 Å². The van der Waals surface area contributed by atoms with Crippen molar-refractivity contribution in [1.82, 2.24) is 0 Å². The summed E-state index contributed by atoms with van der Waals surface area (Å²) < 4.78 is 1.89.